The summed E-state index contributed by atoms with van der Waals surface area (Å²) in [6.45, 7) is 1.46. The number of benzene rings is 2. The van der Waals surface area contributed by atoms with E-state index in [1.54, 1.807) is 12.1 Å². The Hall–Kier alpha value is -2.71. The fraction of sp³-hybridized carbons (Fsp3) is 0.111. The molecule has 0 fully saturated rings. The second-order valence-corrected chi connectivity index (χ2v) is 7.54. The van der Waals surface area contributed by atoms with Crippen LogP contribution in [0, 0.1) is 0 Å². The van der Waals surface area contributed by atoms with Crippen molar-refractivity contribution in [1.29, 1.82) is 0 Å². The van der Waals surface area contributed by atoms with E-state index in [0.717, 1.165) is 10.0 Å². The largest absolute Gasteiger partial charge is 0.330 e. The molecule has 0 aliphatic heterocycles. The number of nitrogens with zero attached hydrogens (tertiary/aromatic N) is 2. The lowest BCUT2D eigenvalue weighted by Gasteiger charge is -2.05. The summed E-state index contributed by atoms with van der Waals surface area (Å²) in [5.41, 5.74) is 2.19. The molecule has 0 aliphatic rings. The molecule has 0 unspecified atom stereocenters. The molecular formula is C18H16N4O2S2. The molecule has 0 saturated heterocycles. The van der Waals surface area contributed by atoms with Gasteiger partial charge in [0.25, 0.3) is 0 Å². The lowest BCUT2D eigenvalue weighted by Crippen LogP contribution is -2.05. The quantitative estimate of drug-likeness (QED) is 0.469. The number of amides is 1. The van der Waals surface area contributed by atoms with Crippen molar-refractivity contribution in [3.63, 3.8) is 0 Å². The zero-order chi connectivity index (χ0) is 18.4. The SMILES string of the molecule is CC(=O)Nc1cccc(Nc2nnc(SCC(=O)c3ccccc3)s2)c1. The molecule has 8 heteroatoms. The molecule has 0 atom stereocenters. The third-order valence-corrected chi connectivity index (χ3v) is 5.24. The van der Waals surface area contributed by atoms with Crippen molar-refractivity contribution in [2.24, 2.45) is 0 Å². The van der Waals surface area contributed by atoms with Gasteiger partial charge in [-0.25, -0.2) is 0 Å². The molecule has 0 radical (unpaired) electrons. The summed E-state index contributed by atoms with van der Waals surface area (Å²) in [6, 6.07) is 16.5. The first kappa shape index (κ1) is 18.1. The number of carbonyl (C=O) groups is 2. The molecule has 26 heavy (non-hydrogen) atoms. The summed E-state index contributed by atoms with van der Waals surface area (Å²) < 4.78 is 0.717. The van der Waals surface area contributed by atoms with Crippen molar-refractivity contribution in [3.05, 3.63) is 60.2 Å². The molecule has 3 aromatic rings. The van der Waals surface area contributed by atoms with Gasteiger partial charge in [0.2, 0.25) is 11.0 Å². The zero-order valence-electron chi connectivity index (χ0n) is 13.9. The van der Waals surface area contributed by atoms with E-state index in [1.165, 1.54) is 30.0 Å². The number of thioether (sulfide) groups is 1. The molecule has 0 spiro atoms. The predicted octanol–water partition coefficient (Wildman–Crippen LogP) is 4.22. The van der Waals surface area contributed by atoms with Crippen LogP contribution in [0.2, 0.25) is 0 Å². The van der Waals surface area contributed by atoms with Gasteiger partial charge in [0.15, 0.2) is 10.1 Å². The lowest BCUT2D eigenvalue weighted by atomic mass is 10.2. The van der Waals surface area contributed by atoms with E-state index >= 15 is 0 Å². The Labute approximate surface area is 159 Å². The van der Waals surface area contributed by atoms with E-state index in [-0.39, 0.29) is 11.7 Å². The van der Waals surface area contributed by atoms with E-state index in [1.807, 2.05) is 42.5 Å². The summed E-state index contributed by atoms with van der Waals surface area (Å²) in [7, 11) is 0. The number of carbonyl (C=O) groups excluding carboxylic acids is 2. The van der Waals surface area contributed by atoms with Crippen LogP contribution in [0.25, 0.3) is 0 Å². The first-order valence-electron chi connectivity index (χ1n) is 7.79. The highest BCUT2D eigenvalue weighted by Gasteiger charge is 2.10. The second-order valence-electron chi connectivity index (χ2n) is 5.34. The third kappa shape index (κ3) is 5.14. The Kier molecular flexibility index (Phi) is 5.98. The van der Waals surface area contributed by atoms with E-state index in [2.05, 4.69) is 20.8 Å². The van der Waals surface area contributed by atoms with Crippen molar-refractivity contribution in [3.8, 4) is 0 Å². The molecule has 2 aromatic carbocycles. The molecule has 132 valence electrons. The molecule has 1 heterocycles. The Balaban J connectivity index is 1.58. The third-order valence-electron chi connectivity index (χ3n) is 3.26. The van der Waals surface area contributed by atoms with Gasteiger partial charge >= 0.3 is 0 Å². The van der Waals surface area contributed by atoms with Crippen LogP contribution in [0.3, 0.4) is 0 Å². The van der Waals surface area contributed by atoms with Crippen LogP contribution in [-0.4, -0.2) is 27.6 Å². The summed E-state index contributed by atoms with van der Waals surface area (Å²) in [5.74, 6) is 0.250. The number of Topliss-reactive ketones (excluding diaryl/α,β-unsaturated/α-hetero) is 1. The number of nitrogens with one attached hydrogen (secondary N) is 2. The lowest BCUT2D eigenvalue weighted by molar-refractivity contribution is -0.114. The van der Waals surface area contributed by atoms with Gasteiger partial charge in [-0.2, -0.15) is 0 Å². The second kappa shape index (κ2) is 8.59. The molecule has 0 bridgehead atoms. The minimum Gasteiger partial charge on any atom is -0.330 e. The van der Waals surface area contributed by atoms with Crippen LogP contribution < -0.4 is 10.6 Å². The molecule has 1 aromatic heterocycles. The maximum Gasteiger partial charge on any atom is 0.221 e. The van der Waals surface area contributed by atoms with Crippen LogP contribution in [0.4, 0.5) is 16.5 Å². The number of aromatic nitrogens is 2. The summed E-state index contributed by atoms with van der Waals surface area (Å²) in [4.78, 5) is 23.3. The van der Waals surface area contributed by atoms with Gasteiger partial charge in [-0.1, -0.05) is 59.5 Å². The van der Waals surface area contributed by atoms with Crippen molar-refractivity contribution in [2.75, 3.05) is 16.4 Å². The van der Waals surface area contributed by atoms with E-state index in [9.17, 15) is 9.59 Å². The minimum absolute atomic E-state index is 0.0586. The normalized spacial score (nSPS) is 10.3. The average Bonchev–Trinajstić information content (AvgIpc) is 3.07. The standard InChI is InChI=1S/C18H16N4O2S2/c1-12(23)19-14-8-5-9-15(10-14)20-17-21-22-18(26-17)25-11-16(24)13-6-3-2-4-7-13/h2-10H,11H2,1H3,(H,19,23)(H,20,21). The Bertz CT molecular complexity index is 912. The highest BCUT2D eigenvalue weighted by Crippen LogP contribution is 2.28. The Morgan fingerprint density at radius 2 is 1.81 bits per heavy atom. The average molecular weight is 384 g/mol. The number of rotatable bonds is 7. The van der Waals surface area contributed by atoms with Gasteiger partial charge in [0.05, 0.1) is 5.75 Å². The number of anilines is 3. The van der Waals surface area contributed by atoms with Gasteiger partial charge in [0, 0.05) is 23.9 Å². The van der Waals surface area contributed by atoms with Crippen molar-refractivity contribution < 1.29 is 9.59 Å². The van der Waals surface area contributed by atoms with Crippen molar-refractivity contribution >= 4 is 51.3 Å². The number of ketones is 1. The minimum atomic E-state index is -0.125. The van der Waals surface area contributed by atoms with Gasteiger partial charge in [-0.05, 0) is 18.2 Å². The van der Waals surface area contributed by atoms with Gasteiger partial charge in [0.1, 0.15) is 0 Å². The summed E-state index contributed by atoms with van der Waals surface area (Å²) in [5, 5.41) is 14.7. The van der Waals surface area contributed by atoms with Crippen LogP contribution in [-0.2, 0) is 4.79 Å². The fourth-order valence-corrected chi connectivity index (χ4v) is 3.82. The van der Waals surface area contributed by atoms with Crippen LogP contribution >= 0.6 is 23.1 Å². The first-order valence-corrected chi connectivity index (χ1v) is 9.59. The molecule has 6 nitrogen and oxygen atoms in total. The Morgan fingerprint density at radius 1 is 1.04 bits per heavy atom. The van der Waals surface area contributed by atoms with E-state index in [4.69, 9.17) is 0 Å². The van der Waals surface area contributed by atoms with E-state index in [0.29, 0.717) is 22.1 Å². The van der Waals surface area contributed by atoms with E-state index < -0.39 is 0 Å². The topological polar surface area (TPSA) is 84.0 Å². The fourth-order valence-electron chi connectivity index (χ4n) is 2.15. The number of hydrogen-bond acceptors (Lipinski definition) is 7. The van der Waals surface area contributed by atoms with Gasteiger partial charge in [-0.3, -0.25) is 9.59 Å². The van der Waals surface area contributed by atoms with Gasteiger partial charge in [-0.15, -0.1) is 10.2 Å². The van der Waals surface area contributed by atoms with Crippen molar-refractivity contribution in [2.45, 2.75) is 11.3 Å². The molecule has 0 aliphatic carbocycles. The smallest absolute Gasteiger partial charge is 0.221 e. The molecule has 1 amide bonds. The van der Waals surface area contributed by atoms with Crippen LogP contribution in [0.1, 0.15) is 17.3 Å². The van der Waals surface area contributed by atoms with Crippen LogP contribution in [0.5, 0.6) is 0 Å². The van der Waals surface area contributed by atoms with Crippen LogP contribution in [0.15, 0.2) is 58.9 Å². The highest BCUT2D eigenvalue weighted by molar-refractivity contribution is 8.01. The predicted molar refractivity (Wildman–Crippen MR) is 105 cm³/mol. The van der Waals surface area contributed by atoms with Gasteiger partial charge < -0.3 is 10.6 Å². The molecule has 3 rings (SSSR count). The highest BCUT2D eigenvalue weighted by atomic mass is 32.2. The van der Waals surface area contributed by atoms with Crippen molar-refractivity contribution in [1.82, 2.24) is 10.2 Å². The monoisotopic (exact) mass is 384 g/mol. The molecular weight excluding hydrogens is 368 g/mol. The maximum absolute atomic E-state index is 12.1. The maximum atomic E-state index is 12.1. The Morgan fingerprint density at radius 3 is 2.58 bits per heavy atom. The first-order chi connectivity index (χ1) is 12.6. The summed E-state index contributed by atoms with van der Waals surface area (Å²) >= 11 is 2.74. The molecule has 2 N–H and O–H groups in total. The zero-order valence-corrected chi connectivity index (χ0v) is 15.6. The number of hydrogen-bond donors (Lipinski definition) is 2. The molecule has 0 saturated carbocycles. The summed E-state index contributed by atoms with van der Waals surface area (Å²) in [6.07, 6.45) is 0.